The molecule has 0 saturated carbocycles. The summed E-state index contributed by atoms with van der Waals surface area (Å²) in [6.07, 6.45) is 1.73. The lowest BCUT2D eigenvalue weighted by atomic mass is 10.2. The quantitative estimate of drug-likeness (QED) is 0.906. The van der Waals surface area contributed by atoms with Crippen molar-refractivity contribution in [1.82, 2.24) is 19.6 Å². The van der Waals surface area contributed by atoms with E-state index in [4.69, 9.17) is 0 Å². The molecule has 2 rings (SSSR count). The largest absolute Gasteiger partial charge is 0.366 e. The van der Waals surface area contributed by atoms with Crippen molar-refractivity contribution in [3.8, 4) is 0 Å². The minimum Gasteiger partial charge on any atom is -0.366 e. The maximum Gasteiger partial charge on any atom is 0.216 e. The molecule has 0 amide bonds. The Kier molecular flexibility index (Phi) is 3.36. The van der Waals surface area contributed by atoms with E-state index in [9.17, 15) is 4.39 Å². The van der Waals surface area contributed by atoms with Gasteiger partial charge in [-0.15, -0.1) is 0 Å². The minimum absolute atomic E-state index is 0.266. The molecule has 0 fully saturated rings. The Hall–Kier alpha value is -1.85. The number of halogens is 1. The Morgan fingerprint density at radius 2 is 2.17 bits per heavy atom. The van der Waals surface area contributed by atoms with E-state index in [0.717, 1.165) is 5.82 Å². The van der Waals surface area contributed by atoms with Crippen molar-refractivity contribution in [1.29, 1.82) is 0 Å². The average molecular weight is 251 g/mol. The smallest absolute Gasteiger partial charge is 0.216 e. The first kappa shape index (κ1) is 12.6. The molecule has 0 radical (unpaired) electrons. The van der Waals surface area contributed by atoms with Crippen LogP contribution in [0, 0.1) is 12.9 Å². The molecule has 0 spiro atoms. The van der Waals surface area contributed by atoms with Gasteiger partial charge in [0.25, 0.3) is 0 Å². The number of nitrogens with one attached hydrogen (secondary N) is 1. The van der Waals surface area contributed by atoms with E-state index in [1.54, 1.807) is 20.2 Å². The van der Waals surface area contributed by atoms with Gasteiger partial charge in [-0.25, -0.2) is 9.36 Å². The summed E-state index contributed by atoms with van der Waals surface area (Å²) < 4.78 is 16.9. The Morgan fingerprint density at radius 1 is 1.44 bits per heavy atom. The van der Waals surface area contributed by atoms with Crippen molar-refractivity contribution in [2.75, 3.05) is 5.32 Å². The van der Waals surface area contributed by atoms with Gasteiger partial charge in [0, 0.05) is 31.3 Å². The summed E-state index contributed by atoms with van der Waals surface area (Å²) in [6.45, 7) is 6.31. The monoisotopic (exact) mass is 251 g/mol. The number of hydrogen-bond donors (Lipinski definition) is 1. The van der Waals surface area contributed by atoms with Crippen LogP contribution in [0.15, 0.2) is 12.3 Å². The van der Waals surface area contributed by atoms with Gasteiger partial charge < -0.3 is 5.32 Å². The van der Waals surface area contributed by atoms with Crippen LogP contribution >= 0.6 is 0 Å². The molecule has 6 heteroatoms. The van der Waals surface area contributed by atoms with Gasteiger partial charge in [0.05, 0.1) is 11.9 Å². The molecule has 0 atom stereocenters. The van der Waals surface area contributed by atoms with E-state index in [1.807, 2.05) is 24.6 Å². The summed E-state index contributed by atoms with van der Waals surface area (Å²) in [5.74, 6) is 0.586. The second-order valence-corrected chi connectivity index (χ2v) is 4.59. The number of aryl methyl sites for hydroxylation is 2. The second-order valence-electron chi connectivity index (χ2n) is 4.59. The third kappa shape index (κ3) is 2.23. The highest BCUT2D eigenvalue weighted by atomic mass is 19.1. The predicted octanol–water partition coefficient (Wildman–Crippen LogP) is 2.26. The van der Waals surface area contributed by atoms with Crippen LogP contribution in [0.2, 0.25) is 0 Å². The third-order valence-electron chi connectivity index (χ3n) is 2.88. The SMILES string of the molecule is Cc1nn(C)c(F)c1CNc1ccnn1C(C)C. The summed E-state index contributed by atoms with van der Waals surface area (Å²) in [4.78, 5) is 0. The maximum atomic E-state index is 13.7. The molecule has 98 valence electrons. The van der Waals surface area contributed by atoms with E-state index in [-0.39, 0.29) is 12.0 Å². The van der Waals surface area contributed by atoms with Crippen molar-refractivity contribution in [3.05, 3.63) is 29.5 Å². The fourth-order valence-corrected chi connectivity index (χ4v) is 1.92. The lowest BCUT2D eigenvalue weighted by Crippen LogP contribution is -2.10. The fraction of sp³-hybridized carbons (Fsp3) is 0.500. The zero-order valence-electron chi connectivity index (χ0n) is 11.1. The fourth-order valence-electron chi connectivity index (χ4n) is 1.92. The molecule has 2 heterocycles. The predicted molar refractivity (Wildman–Crippen MR) is 67.8 cm³/mol. The van der Waals surface area contributed by atoms with Crippen LogP contribution in [-0.4, -0.2) is 19.6 Å². The molecule has 0 aliphatic carbocycles. The highest BCUT2D eigenvalue weighted by molar-refractivity contribution is 5.36. The van der Waals surface area contributed by atoms with Crippen LogP contribution < -0.4 is 5.32 Å². The van der Waals surface area contributed by atoms with Crippen LogP contribution in [-0.2, 0) is 13.6 Å². The van der Waals surface area contributed by atoms with Crippen molar-refractivity contribution < 1.29 is 4.39 Å². The summed E-state index contributed by atoms with van der Waals surface area (Å²) in [7, 11) is 1.60. The van der Waals surface area contributed by atoms with Crippen molar-refractivity contribution in [2.45, 2.75) is 33.4 Å². The summed E-state index contributed by atoms with van der Waals surface area (Å²) in [6, 6.07) is 2.14. The lowest BCUT2D eigenvalue weighted by Gasteiger charge is -2.12. The van der Waals surface area contributed by atoms with E-state index < -0.39 is 0 Å². The van der Waals surface area contributed by atoms with Gasteiger partial charge in [-0.3, -0.25) is 0 Å². The first-order chi connectivity index (χ1) is 8.50. The number of hydrogen-bond acceptors (Lipinski definition) is 3. The zero-order valence-corrected chi connectivity index (χ0v) is 11.1. The van der Waals surface area contributed by atoms with Gasteiger partial charge in [-0.2, -0.15) is 14.6 Å². The van der Waals surface area contributed by atoms with Gasteiger partial charge >= 0.3 is 0 Å². The van der Waals surface area contributed by atoms with Crippen LogP contribution in [0.1, 0.15) is 31.1 Å². The molecule has 18 heavy (non-hydrogen) atoms. The first-order valence-corrected chi connectivity index (χ1v) is 5.96. The van der Waals surface area contributed by atoms with Gasteiger partial charge in [-0.1, -0.05) is 0 Å². The van der Waals surface area contributed by atoms with Gasteiger partial charge in [0.15, 0.2) is 0 Å². The molecule has 5 nitrogen and oxygen atoms in total. The van der Waals surface area contributed by atoms with Crippen LogP contribution in [0.4, 0.5) is 10.2 Å². The van der Waals surface area contributed by atoms with Crippen LogP contribution in [0.3, 0.4) is 0 Å². The molecule has 2 aromatic rings. The molecule has 0 saturated heterocycles. The summed E-state index contributed by atoms with van der Waals surface area (Å²) in [5, 5.41) is 11.5. The number of nitrogens with zero attached hydrogens (tertiary/aromatic N) is 4. The molecule has 1 N–H and O–H groups in total. The van der Waals surface area contributed by atoms with E-state index in [0.29, 0.717) is 17.8 Å². The molecular weight excluding hydrogens is 233 g/mol. The molecule has 2 aromatic heterocycles. The molecule has 0 aliphatic heterocycles. The highest BCUT2D eigenvalue weighted by Crippen LogP contribution is 2.16. The molecule has 0 aromatic carbocycles. The van der Waals surface area contributed by atoms with Crippen LogP contribution in [0.25, 0.3) is 0 Å². The topological polar surface area (TPSA) is 47.7 Å². The van der Waals surface area contributed by atoms with Crippen molar-refractivity contribution in [3.63, 3.8) is 0 Å². The number of anilines is 1. The Bertz CT molecular complexity index is 541. The van der Waals surface area contributed by atoms with Crippen molar-refractivity contribution in [2.24, 2.45) is 7.05 Å². The van der Waals surface area contributed by atoms with E-state index in [1.165, 1.54) is 4.68 Å². The Labute approximate surface area is 106 Å². The van der Waals surface area contributed by atoms with E-state index >= 15 is 0 Å². The normalized spacial score (nSPS) is 11.2. The summed E-state index contributed by atoms with van der Waals surface area (Å²) >= 11 is 0. The van der Waals surface area contributed by atoms with Gasteiger partial charge in [0.1, 0.15) is 5.82 Å². The van der Waals surface area contributed by atoms with E-state index in [2.05, 4.69) is 15.5 Å². The Morgan fingerprint density at radius 3 is 2.72 bits per heavy atom. The standard InChI is InChI=1S/C12H18FN5/c1-8(2)18-11(5-6-15-18)14-7-10-9(3)16-17(4)12(10)13/h5-6,8,14H,7H2,1-4H3. The van der Waals surface area contributed by atoms with Gasteiger partial charge in [-0.05, 0) is 20.8 Å². The molecule has 0 unspecified atom stereocenters. The minimum atomic E-state index is -0.296. The lowest BCUT2D eigenvalue weighted by molar-refractivity contribution is 0.495. The van der Waals surface area contributed by atoms with Gasteiger partial charge in [0.2, 0.25) is 5.95 Å². The highest BCUT2D eigenvalue weighted by Gasteiger charge is 2.13. The molecule has 0 bridgehead atoms. The third-order valence-corrected chi connectivity index (χ3v) is 2.88. The zero-order chi connectivity index (χ0) is 13.3. The Balaban J connectivity index is 2.14. The molecular formula is C12H18FN5. The van der Waals surface area contributed by atoms with Crippen LogP contribution in [0.5, 0.6) is 0 Å². The van der Waals surface area contributed by atoms with Crippen molar-refractivity contribution >= 4 is 5.82 Å². The first-order valence-electron chi connectivity index (χ1n) is 5.96. The summed E-state index contributed by atoms with van der Waals surface area (Å²) in [5.41, 5.74) is 1.30. The maximum absolute atomic E-state index is 13.7. The number of rotatable bonds is 4. The average Bonchev–Trinajstić information content (AvgIpc) is 2.84. The number of aromatic nitrogens is 4. The molecule has 0 aliphatic rings. The second kappa shape index (κ2) is 4.80.